The molecule has 1 aliphatic rings. The van der Waals surface area contributed by atoms with Crippen LogP contribution in [0.25, 0.3) is 5.69 Å². The standard InChI is InChI=1S/C16H21ClN4S/c1-12-4-3-7-19(9-12)11-21-16(22)20(10-18-21)14-6-5-13(2)15(17)8-14/h5-6,8,10,12H,3-4,7,9,11H2,1-2H3/t12-/m0/s1. The Bertz CT molecular complexity index is 721. The quantitative estimate of drug-likeness (QED) is 0.791. The van der Waals surface area contributed by atoms with E-state index in [1.807, 2.05) is 34.4 Å². The van der Waals surface area contributed by atoms with Crippen LogP contribution in [0.2, 0.25) is 5.02 Å². The second kappa shape index (κ2) is 6.52. The number of rotatable bonds is 3. The van der Waals surface area contributed by atoms with Gasteiger partial charge in [-0.1, -0.05) is 24.6 Å². The minimum Gasteiger partial charge on any atom is -0.284 e. The van der Waals surface area contributed by atoms with Gasteiger partial charge in [0, 0.05) is 11.6 Å². The van der Waals surface area contributed by atoms with Gasteiger partial charge in [-0.25, -0.2) is 4.68 Å². The van der Waals surface area contributed by atoms with Crippen molar-refractivity contribution in [1.29, 1.82) is 0 Å². The highest BCUT2D eigenvalue weighted by atomic mass is 35.5. The number of halogens is 1. The fourth-order valence-electron chi connectivity index (χ4n) is 2.95. The second-order valence-corrected chi connectivity index (χ2v) is 6.95. The van der Waals surface area contributed by atoms with Crippen LogP contribution in [0, 0.1) is 17.6 Å². The van der Waals surface area contributed by atoms with E-state index in [1.165, 1.54) is 12.8 Å². The lowest BCUT2D eigenvalue weighted by atomic mass is 10.0. The maximum Gasteiger partial charge on any atom is 0.203 e. The molecule has 22 heavy (non-hydrogen) atoms. The molecule has 1 aliphatic heterocycles. The zero-order valence-electron chi connectivity index (χ0n) is 13.0. The van der Waals surface area contributed by atoms with Crippen LogP contribution in [0.3, 0.4) is 0 Å². The van der Waals surface area contributed by atoms with Crippen molar-refractivity contribution in [3.05, 3.63) is 39.9 Å². The molecule has 0 amide bonds. The second-order valence-electron chi connectivity index (χ2n) is 6.18. The molecule has 0 N–H and O–H groups in total. The summed E-state index contributed by atoms with van der Waals surface area (Å²) in [5, 5.41) is 5.20. The van der Waals surface area contributed by atoms with Crippen LogP contribution in [-0.4, -0.2) is 32.3 Å². The van der Waals surface area contributed by atoms with E-state index >= 15 is 0 Å². The van der Waals surface area contributed by atoms with Crippen molar-refractivity contribution in [1.82, 2.24) is 19.2 Å². The van der Waals surface area contributed by atoms with Gasteiger partial charge in [0.15, 0.2) is 0 Å². The Labute approximate surface area is 141 Å². The van der Waals surface area contributed by atoms with Gasteiger partial charge in [0.2, 0.25) is 4.77 Å². The summed E-state index contributed by atoms with van der Waals surface area (Å²) in [6, 6.07) is 5.96. The Morgan fingerprint density at radius 1 is 1.41 bits per heavy atom. The summed E-state index contributed by atoms with van der Waals surface area (Å²) in [5.74, 6) is 0.751. The van der Waals surface area contributed by atoms with Crippen LogP contribution in [0.15, 0.2) is 24.5 Å². The molecule has 1 atom stereocenters. The molecule has 0 unspecified atom stereocenters. The average Bonchev–Trinajstić information content (AvgIpc) is 2.83. The Morgan fingerprint density at radius 3 is 2.95 bits per heavy atom. The monoisotopic (exact) mass is 336 g/mol. The van der Waals surface area contributed by atoms with Gasteiger partial charge in [0.25, 0.3) is 0 Å². The molecule has 4 nitrogen and oxygen atoms in total. The smallest absolute Gasteiger partial charge is 0.203 e. The average molecular weight is 337 g/mol. The highest BCUT2D eigenvalue weighted by Crippen LogP contribution is 2.20. The van der Waals surface area contributed by atoms with Crippen LogP contribution >= 0.6 is 23.8 Å². The maximum atomic E-state index is 6.21. The van der Waals surface area contributed by atoms with E-state index in [-0.39, 0.29) is 0 Å². The summed E-state index contributed by atoms with van der Waals surface area (Å²) >= 11 is 11.8. The number of nitrogens with zero attached hydrogens (tertiary/aromatic N) is 4. The van der Waals surface area contributed by atoms with Crippen LogP contribution in [0.4, 0.5) is 0 Å². The number of benzene rings is 1. The predicted molar refractivity (Wildman–Crippen MR) is 92.1 cm³/mol. The lowest BCUT2D eigenvalue weighted by Gasteiger charge is -2.30. The van der Waals surface area contributed by atoms with E-state index in [9.17, 15) is 0 Å². The fraction of sp³-hybridized carbons (Fsp3) is 0.500. The Kier molecular flexibility index (Phi) is 4.66. The Balaban J connectivity index is 1.82. The molecule has 2 heterocycles. The molecule has 1 aromatic carbocycles. The first-order valence-electron chi connectivity index (χ1n) is 7.68. The number of likely N-dealkylation sites (tertiary alicyclic amines) is 1. The first-order valence-corrected chi connectivity index (χ1v) is 8.46. The molecule has 1 fully saturated rings. The van der Waals surface area contributed by atoms with Crippen LogP contribution in [-0.2, 0) is 6.67 Å². The highest BCUT2D eigenvalue weighted by Gasteiger charge is 2.17. The molecule has 0 aliphatic carbocycles. The van der Waals surface area contributed by atoms with Crippen LogP contribution < -0.4 is 0 Å². The SMILES string of the molecule is Cc1ccc(-n2cnn(CN3CCC[C@H](C)C3)c2=S)cc1Cl. The van der Waals surface area contributed by atoms with Gasteiger partial charge < -0.3 is 0 Å². The van der Waals surface area contributed by atoms with Crippen LogP contribution in [0.1, 0.15) is 25.3 Å². The third-order valence-electron chi connectivity index (χ3n) is 4.24. The number of aryl methyl sites for hydroxylation is 1. The van der Waals surface area contributed by atoms with E-state index in [4.69, 9.17) is 23.8 Å². The van der Waals surface area contributed by atoms with Gasteiger partial charge >= 0.3 is 0 Å². The van der Waals surface area contributed by atoms with Gasteiger partial charge in [-0.05, 0) is 62.1 Å². The highest BCUT2D eigenvalue weighted by molar-refractivity contribution is 7.71. The van der Waals surface area contributed by atoms with E-state index in [0.717, 1.165) is 41.9 Å². The molecule has 0 spiro atoms. The molecule has 1 aromatic heterocycles. The van der Waals surface area contributed by atoms with Crippen molar-refractivity contribution in [3.63, 3.8) is 0 Å². The topological polar surface area (TPSA) is 26.0 Å². The molecular weight excluding hydrogens is 316 g/mol. The van der Waals surface area contributed by atoms with Gasteiger partial charge in [-0.3, -0.25) is 9.47 Å². The molecular formula is C16H21ClN4S. The summed E-state index contributed by atoms with van der Waals surface area (Å²) in [5.41, 5.74) is 2.02. The number of aromatic nitrogens is 3. The normalized spacial score (nSPS) is 19.5. The Hall–Kier alpha value is -1.17. The van der Waals surface area contributed by atoms with E-state index < -0.39 is 0 Å². The van der Waals surface area contributed by atoms with Crippen molar-refractivity contribution in [2.24, 2.45) is 5.92 Å². The van der Waals surface area contributed by atoms with E-state index in [0.29, 0.717) is 4.77 Å². The third kappa shape index (κ3) is 3.26. The van der Waals surface area contributed by atoms with Gasteiger partial charge in [0.05, 0.1) is 12.4 Å². The molecule has 0 bridgehead atoms. The van der Waals surface area contributed by atoms with Gasteiger partial charge in [0.1, 0.15) is 6.33 Å². The summed E-state index contributed by atoms with van der Waals surface area (Å²) in [6.07, 6.45) is 4.34. The summed E-state index contributed by atoms with van der Waals surface area (Å²) in [7, 11) is 0. The molecule has 118 valence electrons. The van der Waals surface area contributed by atoms with Crippen LogP contribution in [0.5, 0.6) is 0 Å². The maximum absolute atomic E-state index is 6.21. The van der Waals surface area contributed by atoms with Crippen molar-refractivity contribution in [2.45, 2.75) is 33.4 Å². The van der Waals surface area contributed by atoms with Gasteiger partial charge in [-0.2, -0.15) is 5.10 Å². The van der Waals surface area contributed by atoms with Crippen molar-refractivity contribution < 1.29 is 0 Å². The summed E-state index contributed by atoms with van der Waals surface area (Å²) in [6.45, 7) is 7.29. The number of piperidine rings is 1. The number of hydrogen-bond acceptors (Lipinski definition) is 3. The minimum atomic E-state index is 0.707. The molecule has 3 rings (SSSR count). The summed E-state index contributed by atoms with van der Waals surface area (Å²) in [4.78, 5) is 2.42. The van der Waals surface area contributed by atoms with E-state index in [2.05, 4.69) is 16.9 Å². The van der Waals surface area contributed by atoms with Crippen molar-refractivity contribution in [2.75, 3.05) is 13.1 Å². The molecule has 6 heteroatoms. The molecule has 1 saturated heterocycles. The lowest BCUT2D eigenvalue weighted by molar-refractivity contribution is 0.138. The largest absolute Gasteiger partial charge is 0.284 e. The van der Waals surface area contributed by atoms with Crippen molar-refractivity contribution in [3.8, 4) is 5.69 Å². The zero-order valence-corrected chi connectivity index (χ0v) is 14.6. The van der Waals surface area contributed by atoms with Crippen molar-refractivity contribution >= 4 is 23.8 Å². The third-order valence-corrected chi connectivity index (χ3v) is 5.06. The molecule has 0 radical (unpaired) electrons. The first kappa shape index (κ1) is 15.7. The Morgan fingerprint density at radius 2 is 2.23 bits per heavy atom. The van der Waals surface area contributed by atoms with Gasteiger partial charge in [-0.15, -0.1) is 0 Å². The minimum absolute atomic E-state index is 0.707. The molecule has 2 aromatic rings. The summed E-state index contributed by atoms with van der Waals surface area (Å²) < 4.78 is 4.51. The molecule has 0 saturated carbocycles. The number of hydrogen-bond donors (Lipinski definition) is 0. The fourth-order valence-corrected chi connectivity index (χ4v) is 3.38. The first-order chi connectivity index (χ1) is 10.5. The lowest BCUT2D eigenvalue weighted by Crippen LogP contribution is -2.36. The zero-order chi connectivity index (χ0) is 15.7. The predicted octanol–water partition coefficient (Wildman–Crippen LogP) is 4.05. The van der Waals surface area contributed by atoms with E-state index in [1.54, 1.807) is 6.33 Å².